The summed E-state index contributed by atoms with van der Waals surface area (Å²) in [6.45, 7) is 1.56. The average molecular weight is 287 g/mol. The van der Waals surface area contributed by atoms with Crippen molar-refractivity contribution in [3.05, 3.63) is 41.2 Å². The van der Waals surface area contributed by atoms with Gasteiger partial charge in [-0.2, -0.15) is 13.5 Å². The zero-order chi connectivity index (χ0) is 13.3. The number of hydrogen-bond donors (Lipinski definition) is 0. The Hall–Kier alpha value is -1.53. The van der Waals surface area contributed by atoms with E-state index in [1.807, 2.05) is 0 Å². The fraction of sp³-hybridized carbons (Fsp3) is 0.182. The summed E-state index contributed by atoms with van der Waals surface area (Å²) in [5, 5.41) is 3.98. The van der Waals surface area contributed by atoms with Gasteiger partial charge in [0.2, 0.25) is 0 Å². The summed E-state index contributed by atoms with van der Waals surface area (Å²) in [6.07, 6.45) is 0. The maximum Gasteiger partial charge on any atom is 0.344 e. The fourth-order valence-corrected chi connectivity index (χ4v) is 3.19. The molecule has 0 atom stereocenters. The van der Waals surface area contributed by atoms with Gasteiger partial charge in [0.05, 0.1) is 5.69 Å². The van der Waals surface area contributed by atoms with Gasteiger partial charge in [-0.15, -0.1) is 0 Å². The molecule has 0 amide bonds. The normalized spacial score (nSPS) is 11.5. The van der Waals surface area contributed by atoms with Crippen LogP contribution in [0, 0.1) is 6.92 Å². The highest BCUT2D eigenvalue weighted by molar-refractivity contribution is 7.87. The molecule has 0 saturated carbocycles. The molecule has 1 aromatic carbocycles. The molecule has 0 N–H and O–H groups in total. The third-order valence-electron chi connectivity index (χ3n) is 2.30. The summed E-state index contributed by atoms with van der Waals surface area (Å²) >= 11 is 5.91. The van der Waals surface area contributed by atoms with Crippen LogP contribution in [0.4, 0.5) is 0 Å². The molecular formula is C11H11ClN2O3S. The molecule has 0 fully saturated rings. The van der Waals surface area contributed by atoms with E-state index in [9.17, 15) is 8.42 Å². The lowest BCUT2D eigenvalue weighted by molar-refractivity contribution is 0.485. The van der Waals surface area contributed by atoms with Crippen LogP contribution >= 0.6 is 11.6 Å². The topological polar surface area (TPSA) is 61.2 Å². The first kappa shape index (κ1) is 12.9. The van der Waals surface area contributed by atoms with Gasteiger partial charge in [0.1, 0.15) is 10.9 Å². The van der Waals surface area contributed by atoms with E-state index in [2.05, 4.69) is 5.10 Å². The Morgan fingerprint density at radius 2 is 1.89 bits per heavy atom. The molecule has 0 bridgehead atoms. The second-order valence-corrected chi connectivity index (χ2v) is 5.52. The summed E-state index contributed by atoms with van der Waals surface area (Å²) in [7, 11) is -2.40. The summed E-state index contributed by atoms with van der Waals surface area (Å²) in [5.74, 6) is 0.233. The second-order valence-electron chi connectivity index (χ2n) is 3.68. The van der Waals surface area contributed by atoms with Gasteiger partial charge in [-0.25, -0.2) is 0 Å². The Morgan fingerprint density at radius 1 is 1.28 bits per heavy atom. The Kier molecular flexibility index (Phi) is 3.32. The predicted octanol–water partition coefficient (Wildman–Crippen LogP) is 2.15. The maximum atomic E-state index is 12.1. The lowest BCUT2D eigenvalue weighted by Gasteiger charge is -2.06. The quantitative estimate of drug-likeness (QED) is 0.811. The third-order valence-corrected chi connectivity index (χ3v) is 4.25. The van der Waals surface area contributed by atoms with E-state index in [0.717, 1.165) is 0 Å². The molecule has 0 unspecified atom stereocenters. The second kappa shape index (κ2) is 4.62. The van der Waals surface area contributed by atoms with E-state index in [0.29, 0.717) is 5.69 Å². The van der Waals surface area contributed by atoms with Crippen molar-refractivity contribution < 1.29 is 12.6 Å². The van der Waals surface area contributed by atoms with Crippen LogP contribution in [-0.4, -0.2) is 18.2 Å². The summed E-state index contributed by atoms with van der Waals surface area (Å²) in [4.78, 5) is -0.101. The predicted molar refractivity (Wildman–Crippen MR) is 67.2 cm³/mol. The van der Waals surface area contributed by atoms with Gasteiger partial charge in [0.25, 0.3) is 0 Å². The first-order valence-electron chi connectivity index (χ1n) is 5.10. The fourth-order valence-electron chi connectivity index (χ4n) is 1.54. The lowest BCUT2D eigenvalue weighted by Crippen LogP contribution is -2.10. The molecular weight excluding hydrogens is 276 g/mol. The SMILES string of the molecule is Cc1nn(C)c(Cl)c1S(=O)(=O)Oc1ccccc1. The van der Waals surface area contributed by atoms with Crippen molar-refractivity contribution in [2.75, 3.05) is 0 Å². The van der Waals surface area contributed by atoms with Crippen molar-refractivity contribution >= 4 is 21.7 Å². The third kappa shape index (κ3) is 2.34. The van der Waals surface area contributed by atoms with E-state index in [-0.39, 0.29) is 15.8 Å². The smallest absolute Gasteiger partial charge is 0.344 e. The van der Waals surface area contributed by atoms with E-state index >= 15 is 0 Å². The van der Waals surface area contributed by atoms with E-state index in [1.165, 1.54) is 4.68 Å². The largest absolute Gasteiger partial charge is 0.379 e. The molecule has 0 radical (unpaired) electrons. The lowest BCUT2D eigenvalue weighted by atomic mass is 10.3. The van der Waals surface area contributed by atoms with Gasteiger partial charge in [-0.1, -0.05) is 29.8 Å². The molecule has 1 aromatic heterocycles. The average Bonchev–Trinajstić information content (AvgIpc) is 2.54. The van der Waals surface area contributed by atoms with Crippen LogP contribution in [0.2, 0.25) is 5.15 Å². The van der Waals surface area contributed by atoms with Crippen molar-refractivity contribution in [2.45, 2.75) is 11.8 Å². The van der Waals surface area contributed by atoms with Gasteiger partial charge in [-0.05, 0) is 19.1 Å². The van der Waals surface area contributed by atoms with E-state index < -0.39 is 10.1 Å². The van der Waals surface area contributed by atoms with E-state index in [1.54, 1.807) is 44.3 Å². The van der Waals surface area contributed by atoms with E-state index in [4.69, 9.17) is 15.8 Å². The highest BCUT2D eigenvalue weighted by Gasteiger charge is 2.27. The van der Waals surface area contributed by atoms with Crippen LogP contribution in [0.3, 0.4) is 0 Å². The molecule has 96 valence electrons. The molecule has 0 aliphatic heterocycles. The number of hydrogen-bond acceptors (Lipinski definition) is 4. The number of para-hydroxylation sites is 1. The van der Waals surface area contributed by atoms with Gasteiger partial charge in [0, 0.05) is 7.05 Å². The van der Waals surface area contributed by atoms with Crippen LogP contribution in [0.5, 0.6) is 5.75 Å². The van der Waals surface area contributed by atoms with Gasteiger partial charge in [-0.3, -0.25) is 4.68 Å². The Balaban J connectivity index is 2.43. The minimum Gasteiger partial charge on any atom is -0.379 e. The highest BCUT2D eigenvalue weighted by Crippen LogP contribution is 2.27. The van der Waals surface area contributed by atoms with Gasteiger partial charge in [0.15, 0.2) is 4.90 Å². The van der Waals surface area contributed by atoms with Crippen LogP contribution < -0.4 is 4.18 Å². The molecule has 7 heteroatoms. The number of aryl methyl sites for hydroxylation is 2. The summed E-state index contributed by atoms with van der Waals surface area (Å²) < 4.78 is 30.5. The number of halogens is 1. The molecule has 2 aromatic rings. The Morgan fingerprint density at radius 3 is 2.39 bits per heavy atom. The summed E-state index contributed by atoms with van der Waals surface area (Å²) in [6, 6.07) is 8.24. The zero-order valence-corrected chi connectivity index (χ0v) is 11.4. The van der Waals surface area contributed by atoms with Crippen molar-refractivity contribution in [3.8, 4) is 5.75 Å². The standard InChI is InChI=1S/C11H11ClN2O3S/c1-8-10(11(12)14(2)13-8)18(15,16)17-9-6-4-3-5-7-9/h3-7H,1-2H3. The molecule has 0 spiro atoms. The number of benzene rings is 1. The van der Waals surface area contributed by atoms with Gasteiger partial charge < -0.3 is 4.18 Å². The molecule has 1 heterocycles. The van der Waals surface area contributed by atoms with Crippen molar-refractivity contribution in [1.82, 2.24) is 9.78 Å². The maximum absolute atomic E-state index is 12.1. The van der Waals surface area contributed by atoms with Crippen LogP contribution in [0.1, 0.15) is 5.69 Å². The number of nitrogens with zero attached hydrogens (tertiary/aromatic N) is 2. The highest BCUT2D eigenvalue weighted by atomic mass is 35.5. The molecule has 5 nitrogen and oxygen atoms in total. The zero-order valence-electron chi connectivity index (χ0n) is 9.79. The molecule has 0 saturated heterocycles. The first-order chi connectivity index (χ1) is 8.42. The van der Waals surface area contributed by atoms with Crippen molar-refractivity contribution in [3.63, 3.8) is 0 Å². The van der Waals surface area contributed by atoms with Gasteiger partial charge >= 0.3 is 10.1 Å². The minimum atomic E-state index is -3.97. The Bertz CT molecular complexity index is 665. The molecule has 2 rings (SSSR count). The van der Waals surface area contributed by atoms with Crippen LogP contribution in [0.15, 0.2) is 35.2 Å². The number of aromatic nitrogens is 2. The van der Waals surface area contributed by atoms with Crippen LogP contribution in [0.25, 0.3) is 0 Å². The van der Waals surface area contributed by atoms with Crippen LogP contribution in [-0.2, 0) is 17.2 Å². The molecule has 18 heavy (non-hydrogen) atoms. The van der Waals surface area contributed by atoms with Crippen molar-refractivity contribution in [2.24, 2.45) is 7.05 Å². The summed E-state index contributed by atoms with van der Waals surface area (Å²) in [5.41, 5.74) is 0.304. The monoisotopic (exact) mass is 286 g/mol. The number of rotatable bonds is 3. The molecule has 0 aliphatic rings. The first-order valence-corrected chi connectivity index (χ1v) is 6.89. The molecule has 0 aliphatic carbocycles. The van der Waals surface area contributed by atoms with Crippen molar-refractivity contribution in [1.29, 1.82) is 0 Å². The minimum absolute atomic E-state index is 0.0310. The Labute approximate surface area is 110 Å².